The first-order chi connectivity index (χ1) is 14.2. The van der Waals surface area contributed by atoms with Crippen LogP contribution in [0, 0.1) is 0 Å². The van der Waals surface area contributed by atoms with Gasteiger partial charge in [0.1, 0.15) is 11.4 Å². The van der Waals surface area contributed by atoms with Crippen LogP contribution in [0.25, 0.3) is 22.4 Å². The minimum atomic E-state index is -0.0434. The second kappa shape index (κ2) is 7.16. The molecular formula is C22H22N4O3. The van der Waals surface area contributed by atoms with E-state index in [4.69, 9.17) is 9.15 Å². The molecule has 0 aliphatic carbocycles. The average molecular weight is 390 g/mol. The summed E-state index contributed by atoms with van der Waals surface area (Å²) >= 11 is 0. The van der Waals surface area contributed by atoms with Gasteiger partial charge in [0.2, 0.25) is 0 Å². The lowest BCUT2D eigenvalue weighted by molar-refractivity contribution is 0.0707. The van der Waals surface area contributed by atoms with Crippen LogP contribution in [0.2, 0.25) is 0 Å². The minimum Gasteiger partial charge on any atom is -0.497 e. The average Bonchev–Trinajstić information content (AvgIpc) is 3.53. The zero-order valence-electron chi connectivity index (χ0n) is 16.1. The van der Waals surface area contributed by atoms with Crippen molar-refractivity contribution in [2.24, 2.45) is 0 Å². The van der Waals surface area contributed by atoms with Crippen molar-refractivity contribution in [1.82, 2.24) is 20.1 Å². The van der Waals surface area contributed by atoms with Crippen molar-refractivity contribution in [3.63, 3.8) is 0 Å². The second-order valence-corrected chi connectivity index (χ2v) is 7.37. The summed E-state index contributed by atoms with van der Waals surface area (Å²) in [7, 11) is 1.68. The third kappa shape index (κ3) is 3.18. The van der Waals surface area contributed by atoms with Crippen LogP contribution in [-0.2, 0) is 0 Å². The topological polar surface area (TPSA) is 87.1 Å². The van der Waals surface area contributed by atoms with Gasteiger partial charge in [0, 0.05) is 36.3 Å². The molecule has 0 radical (unpaired) electrons. The fraction of sp³-hybridized carbons (Fsp3) is 0.273. The summed E-state index contributed by atoms with van der Waals surface area (Å²) in [5.74, 6) is 1.90. The molecule has 0 atom stereocenters. The summed E-state index contributed by atoms with van der Waals surface area (Å²) in [5.41, 5.74) is 3.54. The van der Waals surface area contributed by atoms with Crippen molar-refractivity contribution in [3.8, 4) is 17.2 Å². The third-order valence-electron chi connectivity index (χ3n) is 5.73. The molecule has 148 valence electrons. The Bertz CT molecular complexity index is 1130. The van der Waals surface area contributed by atoms with Crippen LogP contribution in [0.1, 0.15) is 34.8 Å². The van der Waals surface area contributed by atoms with Gasteiger partial charge in [0.15, 0.2) is 11.5 Å². The molecule has 7 nitrogen and oxygen atoms in total. The normalized spacial score (nSPS) is 15.1. The van der Waals surface area contributed by atoms with E-state index in [1.165, 1.54) is 10.9 Å². The minimum absolute atomic E-state index is 0.0434. The second-order valence-electron chi connectivity index (χ2n) is 7.37. The van der Waals surface area contributed by atoms with Gasteiger partial charge in [-0.05, 0) is 54.7 Å². The predicted molar refractivity (Wildman–Crippen MR) is 109 cm³/mol. The largest absolute Gasteiger partial charge is 0.497 e. The first kappa shape index (κ1) is 17.6. The number of nitrogens with zero attached hydrogens (tertiary/aromatic N) is 2. The maximum atomic E-state index is 12.9. The Kier molecular flexibility index (Phi) is 4.35. The van der Waals surface area contributed by atoms with Crippen molar-refractivity contribution in [1.29, 1.82) is 0 Å². The Hall–Kier alpha value is -3.48. The lowest BCUT2D eigenvalue weighted by Crippen LogP contribution is -2.38. The van der Waals surface area contributed by atoms with E-state index in [2.05, 4.69) is 27.4 Å². The lowest BCUT2D eigenvalue weighted by atomic mass is 9.89. The number of H-pyrrole nitrogens is 2. The lowest BCUT2D eigenvalue weighted by Gasteiger charge is -2.31. The van der Waals surface area contributed by atoms with Crippen LogP contribution in [0.15, 0.2) is 53.3 Å². The van der Waals surface area contributed by atoms with Crippen molar-refractivity contribution in [2.45, 2.75) is 18.8 Å². The fourth-order valence-electron chi connectivity index (χ4n) is 4.13. The summed E-state index contributed by atoms with van der Waals surface area (Å²) in [6.07, 6.45) is 5.54. The number of methoxy groups -OCH3 is 1. The van der Waals surface area contributed by atoms with Gasteiger partial charge in [-0.3, -0.25) is 9.89 Å². The van der Waals surface area contributed by atoms with E-state index in [9.17, 15) is 4.79 Å². The highest BCUT2D eigenvalue weighted by Gasteiger charge is 2.27. The smallest absolute Gasteiger partial charge is 0.274 e. The number of ether oxygens (including phenoxy) is 1. The highest BCUT2D eigenvalue weighted by atomic mass is 16.5. The van der Waals surface area contributed by atoms with Crippen LogP contribution >= 0.6 is 0 Å². The molecule has 1 saturated heterocycles. The number of furan rings is 1. The Balaban J connectivity index is 1.29. The Morgan fingerprint density at radius 3 is 2.86 bits per heavy atom. The molecule has 0 bridgehead atoms. The number of benzene rings is 1. The van der Waals surface area contributed by atoms with E-state index in [1.54, 1.807) is 19.4 Å². The zero-order chi connectivity index (χ0) is 19.8. The molecule has 1 aromatic carbocycles. The van der Waals surface area contributed by atoms with Gasteiger partial charge in [-0.2, -0.15) is 5.10 Å². The van der Waals surface area contributed by atoms with E-state index in [-0.39, 0.29) is 5.91 Å². The first-order valence-corrected chi connectivity index (χ1v) is 9.76. The zero-order valence-corrected chi connectivity index (χ0v) is 16.1. The van der Waals surface area contributed by atoms with Gasteiger partial charge in [-0.1, -0.05) is 0 Å². The van der Waals surface area contributed by atoms with Crippen LogP contribution < -0.4 is 4.74 Å². The van der Waals surface area contributed by atoms with E-state index < -0.39 is 0 Å². The van der Waals surface area contributed by atoms with Crippen molar-refractivity contribution in [2.75, 3.05) is 20.2 Å². The number of carbonyl (C=O) groups is 1. The summed E-state index contributed by atoms with van der Waals surface area (Å²) in [5, 5.41) is 8.26. The van der Waals surface area contributed by atoms with Gasteiger partial charge >= 0.3 is 0 Å². The molecule has 1 amide bonds. The summed E-state index contributed by atoms with van der Waals surface area (Å²) < 4.78 is 10.7. The molecule has 1 fully saturated rings. The molecular weight excluding hydrogens is 368 g/mol. The van der Waals surface area contributed by atoms with Crippen molar-refractivity contribution < 1.29 is 13.9 Å². The van der Waals surface area contributed by atoms with E-state index in [0.29, 0.717) is 36.2 Å². The van der Waals surface area contributed by atoms with Crippen LogP contribution in [0.3, 0.4) is 0 Å². The van der Waals surface area contributed by atoms with Gasteiger partial charge in [-0.15, -0.1) is 0 Å². The summed E-state index contributed by atoms with van der Waals surface area (Å²) in [4.78, 5) is 18.1. The van der Waals surface area contributed by atoms with Crippen LogP contribution in [-0.4, -0.2) is 46.2 Å². The maximum absolute atomic E-state index is 12.9. The SMILES string of the molecule is COc1ccc2[nH]cc(C3CCN(C(=O)c4cc(-c5ccco5)[nH]n4)CC3)c2c1. The summed E-state index contributed by atoms with van der Waals surface area (Å²) in [6, 6.07) is 11.5. The predicted octanol–water partition coefficient (Wildman–Crippen LogP) is 4.18. The highest BCUT2D eigenvalue weighted by Crippen LogP contribution is 2.35. The standard InChI is InChI=1S/C22H22N4O3/c1-28-15-4-5-18-16(11-15)17(13-23-18)14-6-8-26(9-7-14)22(27)20-12-19(24-25-20)21-3-2-10-29-21/h2-5,10-14,23H,6-9H2,1H3,(H,24,25). The van der Waals surface area contributed by atoms with Crippen LogP contribution in [0.4, 0.5) is 0 Å². The van der Waals surface area contributed by atoms with Gasteiger partial charge in [0.25, 0.3) is 5.91 Å². The van der Waals surface area contributed by atoms with Crippen molar-refractivity contribution >= 4 is 16.8 Å². The van der Waals surface area contributed by atoms with E-state index in [1.807, 2.05) is 29.2 Å². The number of nitrogens with one attached hydrogen (secondary N) is 2. The molecule has 4 aromatic rings. The summed E-state index contributed by atoms with van der Waals surface area (Å²) in [6.45, 7) is 1.42. The van der Waals surface area contributed by atoms with Crippen LogP contribution in [0.5, 0.6) is 5.75 Å². The van der Waals surface area contributed by atoms with E-state index >= 15 is 0 Å². The molecule has 3 aromatic heterocycles. The quantitative estimate of drug-likeness (QED) is 0.547. The maximum Gasteiger partial charge on any atom is 0.274 e. The molecule has 1 aliphatic heterocycles. The number of likely N-dealkylation sites (tertiary alicyclic amines) is 1. The third-order valence-corrected chi connectivity index (χ3v) is 5.73. The van der Waals surface area contributed by atoms with E-state index in [0.717, 1.165) is 24.1 Å². The van der Waals surface area contributed by atoms with Gasteiger partial charge in [-0.25, -0.2) is 0 Å². The molecule has 2 N–H and O–H groups in total. The number of aromatic nitrogens is 3. The van der Waals surface area contributed by atoms with Gasteiger partial charge in [0.05, 0.1) is 13.4 Å². The first-order valence-electron chi connectivity index (χ1n) is 9.76. The number of aromatic amines is 2. The number of hydrogen-bond acceptors (Lipinski definition) is 4. The number of fused-ring (bicyclic) bond motifs is 1. The molecule has 0 unspecified atom stereocenters. The van der Waals surface area contributed by atoms with Crippen molar-refractivity contribution in [3.05, 3.63) is 60.1 Å². The number of rotatable bonds is 4. The number of piperidine rings is 1. The molecule has 0 saturated carbocycles. The number of amides is 1. The molecule has 7 heteroatoms. The molecule has 29 heavy (non-hydrogen) atoms. The fourth-order valence-corrected chi connectivity index (χ4v) is 4.13. The number of carbonyl (C=O) groups excluding carboxylic acids is 1. The van der Waals surface area contributed by atoms with Gasteiger partial charge < -0.3 is 19.0 Å². The molecule has 1 aliphatic rings. The Labute approximate surface area is 167 Å². The Morgan fingerprint density at radius 1 is 1.24 bits per heavy atom. The molecule has 4 heterocycles. The molecule has 5 rings (SSSR count). The monoisotopic (exact) mass is 390 g/mol. The Morgan fingerprint density at radius 2 is 2.10 bits per heavy atom. The molecule has 0 spiro atoms. The number of hydrogen-bond donors (Lipinski definition) is 2. The highest BCUT2D eigenvalue weighted by molar-refractivity contribution is 5.93.